The lowest BCUT2D eigenvalue weighted by Gasteiger charge is -2.09. The van der Waals surface area contributed by atoms with Crippen molar-refractivity contribution in [3.63, 3.8) is 0 Å². The molecule has 1 heterocycles. The van der Waals surface area contributed by atoms with Crippen molar-refractivity contribution in [3.05, 3.63) is 47.8 Å². The van der Waals surface area contributed by atoms with Crippen LogP contribution in [0.25, 0.3) is 0 Å². The molecule has 2 rings (SSSR count). The smallest absolute Gasteiger partial charge is 0.276 e. The van der Waals surface area contributed by atoms with E-state index in [1.54, 1.807) is 31.2 Å². The summed E-state index contributed by atoms with van der Waals surface area (Å²) >= 11 is 0. The number of amides is 1. The number of carbonyl (C=O) groups is 1. The third-order valence-electron chi connectivity index (χ3n) is 2.81. The number of nitrogen functional groups attached to an aromatic ring is 1. The number of sulfonamides is 1. The van der Waals surface area contributed by atoms with Gasteiger partial charge in [-0.15, -0.1) is 0 Å². The molecule has 0 aliphatic heterocycles. The Morgan fingerprint density at radius 2 is 2.00 bits per heavy atom. The zero-order valence-corrected chi connectivity index (χ0v) is 12.0. The van der Waals surface area contributed by atoms with Crippen LogP contribution < -0.4 is 16.2 Å². The molecule has 0 spiro atoms. The topological polar surface area (TPSA) is 128 Å². The standard InChI is InChI=1S/C13H14N4O3S/c1-8-4-5-9(7-11(8)21(15,19)20)17-13(18)12-10(14)3-2-6-16-12/h2-7H,14H2,1H3,(H,17,18)(H2,15,19,20). The van der Waals surface area contributed by atoms with Gasteiger partial charge in [-0.1, -0.05) is 6.07 Å². The van der Waals surface area contributed by atoms with E-state index >= 15 is 0 Å². The molecule has 5 N–H and O–H groups in total. The van der Waals surface area contributed by atoms with Gasteiger partial charge < -0.3 is 11.1 Å². The summed E-state index contributed by atoms with van der Waals surface area (Å²) in [5, 5.41) is 7.66. The molecule has 110 valence electrons. The normalized spacial score (nSPS) is 11.1. The molecule has 7 nitrogen and oxygen atoms in total. The molecular weight excluding hydrogens is 292 g/mol. The number of pyridine rings is 1. The fraction of sp³-hybridized carbons (Fsp3) is 0.0769. The first-order chi connectivity index (χ1) is 9.79. The van der Waals surface area contributed by atoms with E-state index in [2.05, 4.69) is 10.3 Å². The number of hydrogen-bond donors (Lipinski definition) is 3. The van der Waals surface area contributed by atoms with E-state index in [0.717, 1.165) is 0 Å². The van der Waals surface area contributed by atoms with Crippen LogP contribution in [0, 0.1) is 6.92 Å². The Balaban J connectivity index is 2.33. The molecule has 0 atom stereocenters. The fourth-order valence-corrected chi connectivity index (χ4v) is 2.59. The SMILES string of the molecule is Cc1ccc(NC(=O)c2ncccc2N)cc1S(N)(=O)=O. The van der Waals surface area contributed by atoms with Gasteiger partial charge in [0.15, 0.2) is 5.69 Å². The second-order valence-electron chi connectivity index (χ2n) is 4.42. The van der Waals surface area contributed by atoms with Crippen LogP contribution in [0.2, 0.25) is 0 Å². The van der Waals surface area contributed by atoms with Gasteiger partial charge in [-0.3, -0.25) is 4.79 Å². The van der Waals surface area contributed by atoms with Crippen LogP contribution in [-0.4, -0.2) is 19.3 Å². The summed E-state index contributed by atoms with van der Waals surface area (Å²) in [5.74, 6) is -0.530. The highest BCUT2D eigenvalue weighted by atomic mass is 32.2. The second kappa shape index (κ2) is 5.51. The summed E-state index contributed by atoms with van der Waals surface area (Å²) in [6.07, 6.45) is 1.44. The number of benzene rings is 1. The predicted octanol–water partition coefficient (Wildman–Crippen LogP) is 0.872. The first kappa shape index (κ1) is 14.9. The van der Waals surface area contributed by atoms with Crippen molar-refractivity contribution in [1.29, 1.82) is 0 Å². The van der Waals surface area contributed by atoms with Crippen LogP contribution in [0.4, 0.5) is 11.4 Å². The number of aromatic nitrogens is 1. The second-order valence-corrected chi connectivity index (χ2v) is 5.95. The first-order valence-corrected chi connectivity index (χ1v) is 7.49. The molecule has 2 aromatic rings. The van der Waals surface area contributed by atoms with E-state index in [-0.39, 0.29) is 16.3 Å². The van der Waals surface area contributed by atoms with Crippen LogP contribution in [0.5, 0.6) is 0 Å². The minimum atomic E-state index is -3.86. The average molecular weight is 306 g/mol. The monoisotopic (exact) mass is 306 g/mol. The summed E-state index contributed by atoms with van der Waals surface area (Å²) in [6, 6.07) is 7.57. The predicted molar refractivity (Wildman–Crippen MR) is 79.2 cm³/mol. The van der Waals surface area contributed by atoms with E-state index in [1.807, 2.05) is 0 Å². The largest absolute Gasteiger partial charge is 0.397 e. The van der Waals surface area contributed by atoms with E-state index in [4.69, 9.17) is 10.9 Å². The minimum Gasteiger partial charge on any atom is -0.397 e. The minimum absolute atomic E-state index is 0.0470. The van der Waals surface area contributed by atoms with E-state index < -0.39 is 15.9 Å². The number of carbonyl (C=O) groups excluding carboxylic acids is 1. The summed E-state index contributed by atoms with van der Waals surface area (Å²) in [6.45, 7) is 1.61. The van der Waals surface area contributed by atoms with E-state index in [0.29, 0.717) is 11.3 Å². The number of primary sulfonamides is 1. The zero-order chi connectivity index (χ0) is 15.6. The Kier molecular flexibility index (Phi) is 3.92. The summed E-state index contributed by atoms with van der Waals surface area (Å²) in [7, 11) is -3.86. The number of nitrogens with zero attached hydrogens (tertiary/aromatic N) is 1. The lowest BCUT2D eigenvalue weighted by atomic mass is 10.2. The molecule has 1 aromatic heterocycles. The van der Waals surface area contributed by atoms with Crippen LogP contribution in [0.1, 0.15) is 16.1 Å². The van der Waals surface area contributed by atoms with Gasteiger partial charge >= 0.3 is 0 Å². The van der Waals surface area contributed by atoms with Crippen LogP contribution >= 0.6 is 0 Å². The molecule has 0 fully saturated rings. The number of anilines is 2. The van der Waals surface area contributed by atoms with Crippen molar-refractivity contribution >= 4 is 27.3 Å². The summed E-state index contributed by atoms with van der Waals surface area (Å²) in [5.41, 5.74) is 6.74. The quantitative estimate of drug-likeness (QED) is 0.775. The van der Waals surface area contributed by atoms with Gasteiger partial charge in [0.25, 0.3) is 5.91 Å². The summed E-state index contributed by atoms with van der Waals surface area (Å²) in [4.78, 5) is 15.9. The van der Waals surface area contributed by atoms with Crippen molar-refractivity contribution in [2.45, 2.75) is 11.8 Å². The Labute approximate surface area is 122 Å². The van der Waals surface area contributed by atoms with Crippen molar-refractivity contribution in [3.8, 4) is 0 Å². The molecule has 8 heteroatoms. The average Bonchev–Trinajstić information content (AvgIpc) is 2.40. The third-order valence-corrected chi connectivity index (χ3v) is 3.86. The van der Waals surface area contributed by atoms with Gasteiger partial charge in [-0.2, -0.15) is 0 Å². The molecule has 0 saturated carbocycles. The number of hydrogen-bond acceptors (Lipinski definition) is 5. The van der Waals surface area contributed by atoms with Gasteiger partial charge in [-0.05, 0) is 36.8 Å². The zero-order valence-electron chi connectivity index (χ0n) is 11.2. The molecule has 0 unspecified atom stereocenters. The van der Waals surface area contributed by atoms with Crippen molar-refractivity contribution in [1.82, 2.24) is 4.98 Å². The molecule has 1 amide bonds. The van der Waals surface area contributed by atoms with Gasteiger partial charge in [0, 0.05) is 11.9 Å². The third kappa shape index (κ3) is 3.36. The van der Waals surface area contributed by atoms with Crippen molar-refractivity contribution in [2.24, 2.45) is 5.14 Å². The van der Waals surface area contributed by atoms with Gasteiger partial charge in [-0.25, -0.2) is 18.5 Å². The van der Waals surface area contributed by atoms with E-state index in [1.165, 1.54) is 12.3 Å². The Morgan fingerprint density at radius 3 is 2.62 bits per heavy atom. The van der Waals surface area contributed by atoms with Crippen LogP contribution in [0.3, 0.4) is 0 Å². The maximum atomic E-state index is 12.0. The fourth-order valence-electron chi connectivity index (χ4n) is 1.78. The van der Waals surface area contributed by atoms with E-state index in [9.17, 15) is 13.2 Å². The lowest BCUT2D eigenvalue weighted by Crippen LogP contribution is -2.17. The highest BCUT2D eigenvalue weighted by molar-refractivity contribution is 7.89. The highest BCUT2D eigenvalue weighted by Crippen LogP contribution is 2.20. The molecular formula is C13H14N4O3S. The van der Waals surface area contributed by atoms with Crippen molar-refractivity contribution in [2.75, 3.05) is 11.1 Å². The number of aryl methyl sites for hydroxylation is 1. The lowest BCUT2D eigenvalue weighted by molar-refractivity contribution is 0.102. The maximum Gasteiger partial charge on any atom is 0.276 e. The van der Waals surface area contributed by atoms with Gasteiger partial charge in [0.05, 0.1) is 10.6 Å². The van der Waals surface area contributed by atoms with Crippen LogP contribution in [0.15, 0.2) is 41.4 Å². The number of nitrogens with one attached hydrogen (secondary N) is 1. The number of rotatable bonds is 3. The maximum absolute atomic E-state index is 12.0. The number of nitrogens with two attached hydrogens (primary N) is 2. The molecule has 0 aliphatic carbocycles. The molecule has 0 radical (unpaired) electrons. The first-order valence-electron chi connectivity index (χ1n) is 5.94. The van der Waals surface area contributed by atoms with Gasteiger partial charge in [0.1, 0.15) is 0 Å². The summed E-state index contributed by atoms with van der Waals surface area (Å²) < 4.78 is 22.9. The van der Waals surface area contributed by atoms with Crippen molar-refractivity contribution < 1.29 is 13.2 Å². The molecule has 0 bridgehead atoms. The Bertz CT molecular complexity index is 803. The van der Waals surface area contributed by atoms with Crippen LogP contribution in [-0.2, 0) is 10.0 Å². The highest BCUT2D eigenvalue weighted by Gasteiger charge is 2.15. The Hall–Kier alpha value is -2.45. The molecule has 1 aromatic carbocycles. The molecule has 0 aliphatic rings. The Morgan fingerprint density at radius 1 is 1.29 bits per heavy atom. The van der Waals surface area contributed by atoms with Gasteiger partial charge in [0.2, 0.25) is 10.0 Å². The molecule has 0 saturated heterocycles. The molecule has 21 heavy (non-hydrogen) atoms.